The summed E-state index contributed by atoms with van der Waals surface area (Å²) in [6.45, 7) is 30.6. The standard InChI is InChI=1S/C29H54O2Si2/c1-14-18-29(31-32(15-2,16-3)17-4)20-27(22(5)6)19-28(26(29)13)21-30-33(23(7)8,24(9)10)25(11)12/h1,23-25,27H,5,15-21H2,2-4,6-13H3/t27-,29+/m1/s1. The molecular formula is C29H54O2Si2. The summed E-state index contributed by atoms with van der Waals surface area (Å²) in [5.74, 6) is 3.41. The molecule has 0 aromatic heterocycles. The van der Waals surface area contributed by atoms with Crippen LogP contribution >= 0.6 is 0 Å². The second kappa shape index (κ2) is 12.4. The third-order valence-electron chi connectivity index (χ3n) is 8.92. The molecule has 0 unspecified atom stereocenters. The predicted octanol–water partition coefficient (Wildman–Crippen LogP) is 9.27. The number of allylic oxidation sites excluding steroid dienone is 1. The van der Waals surface area contributed by atoms with E-state index in [0.29, 0.717) is 35.6 Å². The molecule has 0 amide bonds. The lowest BCUT2D eigenvalue weighted by Crippen LogP contribution is -2.51. The van der Waals surface area contributed by atoms with E-state index in [9.17, 15) is 0 Å². The van der Waals surface area contributed by atoms with Gasteiger partial charge in [0.15, 0.2) is 8.32 Å². The van der Waals surface area contributed by atoms with Crippen molar-refractivity contribution in [2.45, 2.75) is 136 Å². The van der Waals surface area contributed by atoms with Crippen LogP contribution < -0.4 is 0 Å². The average molecular weight is 491 g/mol. The fraction of sp³-hybridized carbons (Fsp3) is 0.793. The molecule has 2 atom stereocenters. The third kappa shape index (κ3) is 6.34. The number of rotatable bonds is 13. The minimum absolute atomic E-state index is 0.374. The highest BCUT2D eigenvalue weighted by Gasteiger charge is 2.48. The normalized spacial score (nSPS) is 22.4. The van der Waals surface area contributed by atoms with Crippen molar-refractivity contribution < 1.29 is 8.85 Å². The van der Waals surface area contributed by atoms with E-state index >= 15 is 0 Å². The van der Waals surface area contributed by atoms with Crippen LogP contribution in [-0.2, 0) is 8.85 Å². The molecule has 0 radical (unpaired) electrons. The van der Waals surface area contributed by atoms with E-state index in [1.165, 1.54) is 16.7 Å². The SMILES string of the molecule is C#CC[C@]1(O[Si](CC)(CC)CC)C[C@H](C(=C)C)CC(CO[Si](C(C)C)(C(C)C)C(C)C)=C1C. The van der Waals surface area contributed by atoms with Crippen molar-refractivity contribution in [3.05, 3.63) is 23.3 Å². The van der Waals surface area contributed by atoms with Crippen molar-refractivity contribution in [1.82, 2.24) is 0 Å². The van der Waals surface area contributed by atoms with Gasteiger partial charge in [0.2, 0.25) is 8.32 Å². The summed E-state index contributed by atoms with van der Waals surface area (Å²) in [7, 11) is -3.81. The maximum atomic E-state index is 7.31. The zero-order valence-electron chi connectivity index (χ0n) is 23.9. The van der Waals surface area contributed by atoms with Gasteiger partial charge in [0.1, 0.15) is 0 Å². The molecule has 4 heteroatoms. The Morgan fingerprint density at radius 1 is 1.06 bits per heavy atom. The summed E-state index contributed by atoms with van der Waals surface area (Å²) in [5.41, 5.74) is 5.35. The summed E-state index contributed by atoms with van der Waals surface area (Å²) in [6.07, 6.45) is 8.61. The maximum Gasteiger partial charge on any atom is 0.200 e. The quantitative estimate of drug-likeness (QED) is 0.145. The van der Waals surface area contributed by atoms with Gasteiger partial charge >= 0.3 is 0 Å². The highest BCUT2D eigenvalue weighted by Crippen LogP contribution is 2.48. The van der Waals surface area contributed by atoms with Gasteiger partial charge in [0.25, 0.3) is 0 Å². The van der Waals surface area contributed by atoms with Crippen LogP contribution in [0.2, 0.25) is 34.8 Å². The third-order valence-corrected chi connectivity index (χ3v) is 19.7. The van der Waals surface area contributed by atoms with Crippen LogP contribution in [-0.4, -0.2) is 28.8 Å². The smallest absolute Gasteiger partial charge is 0.200 e. The molecule has 1 aliphatic carbocycles. The molecule has 190 valence electrons. The Kier molecular flexibility index (Phi) is 11.4. The summed E-state index contributed by atoms with van der Waals surface area (Å²) < 4.78 is 14.4. The molecule has 1 aliphatic rings. The molecule has 0 aromatic rings. The molecule has 0 fully saturated rings. The van der Waals surface area contributed by atoms with Crippen molar-refractivity contribution in [3.63, 3.8) is 0 Å². The Balaban J connectivity index is 3.56. The zero-order chi connectivity index (χ0) is 25.6. The Morgan fingerprint density at radius 3 is 1.91 bits per heavy atom. The van der Waals surface area contributed by atoms with Gasteiger partial charge in [-0.1, -0.05) is 74.5 Å². The number of hydrogen-bond acceptors (Lipinski definition) is 2. The fourth-order valence-corrected chi connectivity index (χ4v) is 15.0. The summed E-state index contributed by atoms with van der Waals surface area (Å²) >= 11 is 0. The second-order valence-corrected chi connectivity index (χ2v) is 21.7. The molecule has 0 heterocycles. The van der Waals surface area contributed by atoms with E-state index in [1.54, 1.807) is 0 Å². The minimum Gasteiger partial charge on any atom is -0.412 e. The van der Waals surface area contributed by atoms with Gasteiger partial charge in [-0.15, -0.1) is 12.3 Å². The molecule has 0 bridgehead atoms. The summed E-state index contributed by atoms with van der Waals surface area (Å²) in [5, 5.41) is 0. The zero-order valence-corrected chi connectivity index (χ0v) is 25.9. The van der Waals surface area contributed by atoms with Crippen LogP contribution in [0.25, 0.3) is 0 Å². The van der Waals surface area contributed by atoms with Crippen molar-refractivity contribution in [2.24, 2.45) is 5.92 Å². The van der Waals surface area contributed by atoms with E-state index in [-0.39, 0.29) is 5.60 Å². The van der Waals surface area contributed by atoms with Crippen molar-refractivity contribution in [3.8, 4) is 12.3 Å². The lowest BCUT2D eigenvalue weighted by molar-refractivity contribution is 0.0637. The highest BCUT2D eigenvalue weighted by molar-refractivity contribution is 6.77. The van der Waals surface area contributed by atoms with Gasteiger partial charge in [0.05, 0.1) is 12.2 Å². The molecular weight excluding hydrogens is 436 g/mol. The molecule has 2 nitrogen and oxygen atoms in total. The lowest BCUT2D eigenvalue weighted by Gasteiger charge is -2.49. The van der Waals surface area contributed by atoms with Crippen LogP contribution in [0.3, 0.4) is 0 Å². The van der Waals surface area contributed by atoms with Gasteiger partial charge in [-0.3, -0.25) is 0 Å². The molecule has 1 rings (SSSR count). The first-order chi connectivity index (χ1) is 15.3. The molecule has 0 spiro atoms. The monoisotopic (exact) mass is 490 g/mol. The van der Waals surface area contributed by atoms with Crippen molar-refractivity contribution in [1.29, 1.82) is 0 Å². The first-order valence-electron chi connectivity index (χ1n) is 13.4. The molecule has 0 aliphatic heterocycles. The Morgan fingerprint density at radius 2 is 1.55 bits per heavy atom. The molecule has 33 heavy (non-hydrogen) atoms. The molecule has 0 N–H and O–H groups in total. The predicted molar refractivity (Wildman–Crippen MR) is 152 cm³/mol. The molecule has 0 saturated carbocycles. The summed E-state index contributed by atoms with van der Waals surface area (Å²) in [4.78, 5) is 0. The van der Waals surface area contributed by atoms with E-state index < -0.39 is 16.6 Å². The second-order valence-electron chi connectivity index (χ2n) is 11.5. The van der Waals surface area contributed by atoms with Crippen LogP contribution in [0, 0.1) is 18.3 Å². The molecule has 0 saturated heterocycles. The molecule has 0 aromatic carbocycles. The van der Waals surface area contributed by atoms with Crippen LogP contribution in [0.15, 0.2) is 23.3 Å². The largest absolute Gasteiger partial charge is 0.412 e. The number of terminal acetylenes is 1. The van der Waals surface area contributed by atoms with Gasteiger partial charge in [-0.25, -0.2) is 0 Å². The van der Waals surface area contributed by atoms with Crippen molar-refractivity contribution >= 4 is 16.6 Å². The van der Waals surface area contributed by atoms with Crippen molar-refractivity contribution in [2.75, 3.05) is 6.61 Å². The maximum absolute atomic E-state index is 7.31. The Labute approximate surface area is 209 Å². The minimum atomic E-state index is -1.95. The van der Waals surface area contributed by atoms with E-state index in [2.05, 4.69) is 88.7 Å². The van der Waals surface area contributed by atoms with Crippen LogP contribution in [0.1, 0.15) is 95.4 Å². The van der Waals surface area contributed by atoms with E-state index in [4.69, 9.17) is 15.3 Å². The first kappa shape index (κ1) is 30.4. The van der Waals surface area contributed by atoms with Crippen LogP contribution in [0.5, 0.6) is 0 Å². The highest BCUT2D eigenvalue weighted by atomic mass is 28.4. The summed E-state index contributed by atoms with van der Waals surface area (Å²) in [6, 6.07) is 3.40. The van der Waals surface area contributed by atoms with Gasteiger partial charge in [-0.2, -0.15) is 0 Å². The van der Waals surface area contributed by atoms with Gasteiger partial charge in [-0.05, 0) is 78.5 Å². The average Bonchev–Trinajstić information content (AvgIpc) is 2.74. The first-order valence-corrected chi connectivity index (χ1v) is 18.1. The van der Waals surface area contributed by atoms with E-state index in [1.807, 2.05) is 0 Å². The Hall–Kier alpha value is -0.606. The van der Waals surface area contributed by atoms with Gasteiger partial charge in [0, 0.05) is 6.42 Å². The van der Waals surface area contributed by atoms with Gasteiger partial charge < -0.3 is 8.85 Å². The Bertz CT molecular complexity index is 694. The van der Waals surface area contributed by atoms with E-state index in [0.717, 1.165) is 31.0 Å². The topological polar surface area (TPSA) is 18.5 Å². The lowest BCUT2D eigenvalue weighted by atomic mass is 9.71. The fourth-order valence-electron chi connectivity index (χ4n) is 6.53. The van der Waals surface area contributed by atoms with Crippen LogP contribution in [0.4, 0.5) is 0 Å². The number of hydrogen-bond donors (Lipinski definition) is 0.